The van der Waals surface area contributed by atoms with Crippen LogP contribution in [0.5, 0.6) is 0 Å². The molecule has 0 aromatic rings. The highest BCUT2D eigenvalue weighted by molar-refractivity contribution is 7.33. The maximum absolute atomic E-state index is 10.5. The molecule has 74 valence electrons. The van der Waals surface area contributed by atoms with Gasteiger partial charge in [0.2, 0.25) is 0 Å². The molecule has 0 saturated carbocycles. The molecule has 1 N–H and O–H groups in total. The molecule has 0 aliphatic carbocycles. The molecule has 0 amide bonds. The highest BCUT2D eigenvalue weighted by Crippen LogP contribution is 2.18. The zero-order valence-electron chi connectivity index (χ0n) is 6.46. The molecule has 0 fully saturated rings. The van der Waals surface area contributed by atoms with Gasteiger partial charge < -0.3 is 5.11 Å². The summed E-state index contributed by atoms with van der Waals surface area (Å²) in [4.78, 5) is 0. The van der Waals surface area contributed by atoms with E-state index in [1.54, 1.807) is 0 Å². The standard InChI is InChI=1S/C2H3F3O.C2H6O3P/c3-2(4,5)1-6;1-4-6(3)5-2/h6H,1H2;1-2H3/q;+1. The molecule has 0 radical (unpaired) electrons. The number of hydrogen-bond donors (Lipinski definition) is 1. The van der Waals surface area contributed by atoms with E-state index in [1.807, 2.05) is 0 Å². The maximum atomic E-state index is 10.5. The van der Waals surface area contributed by atoms with Crippen LogP contribution in [0, 0.1) is 0 Å². The normalized spacial score (nSPS) is 10.2. The van der Waals surface area contributed by atoms with E-state index in [2.05, 4.69) is 9.05 Å². The first-order valence-electron chi connectivity index (χ1n) is 2.60. The topological polar surface area (TPSA) is 55.8 Å². The Labute approximate surface area is 68.2 Å². The summed E-state index contributed by atoms with van der Waals surface area (Å²) in [5, 5.41) is 7.28. The average Bonchev–Trinajstić information content (AvgIpc) is 2.03. The van der Waals surface area contributed by atoms with Crippen LogP contribution in [0.3, 0.4) is 0 Å². The Hall–Kier alpha value is -0.230. The van der Waals surface area contributed by atoms with Gasteiger partial charge in [-0.1, -0.05) is 0 Å². The zero-order chi connectivity index (χ0) is 10.2. The van der Waals surface area contributed by atoms with Crippen molar-refractivity contribution < 1.29 is 31.9 Å². The molecule has 8 heteroatoms. The van der Waals surface area contributed by atoms with Gasteiger partial charge in [0, 0.05) is 4.57 Å². The molecule has 0 saturated heterocycles. The summed E-state index contributed by atoms with van der Waals surface area (Å²) in [6, 6.07) is 0. The van der Waals surface area contributed by atoms with Crippen LogP contribution < -0.4 is 0 Å². The van der Waals surface area contributed by atoms with Crippen molar-refractivity contribution in [3.8, 4) is 0 Å². The summed E-state index contributed by atoms with van der Waals surface area (Å²) < 4.78 is 49.9. The minimum absolute atomic E-state index is 1.32. The van der Waals surface area contributed by atoms with Crippen molar-refractivity contribution in [1.82, 2.24) is 0 Å². The van der Waals surface area contributed by atoms with Crippen LogP contribution in [-0.2, 0) is 13.6 Å². The minimum atomic E-state index is -4.40. The highest BCUT2D eigenvalue weighted by Gasteiger charge is 2.24. The van der Waals surface area contributed by atoms with Crippen molar-refractivity contribution in [2.45, 2.75) is 6.18 Å². The van der Waals surface area contributed by atoms with Crippen LogP contribution in [0.4, 0.5) is 13.2 Å². The van der Waals surface area contributed by atoms with E-state index in [9.17, 15) is 17.7 Å². The first kappa shape index (κ1) is 14.3. The van der Waals surface area contributed by atoms with Gasteiger partial charge in [-0.25, -0.2) is 0 Å². The van der Waals surface area contributed by atoms with Gasteiger partial charge in [0.15, 0.2) is 0 Å². The second-order valence-corrected chi connectivity index (χ2v) is 2.54. The van der Waals surface area contributed by atoms with Gasteiger partial charge in [0.25, 0.3) is 0 Å². The molecule has 0 aliphatic heterocycles. The molecule has 0 aliphatic rings. The van der Waals surface area contributed by atoms with Gasteiger partial charge >= 0.3 is 14.4 Å². The van der Waals surface area contributed by atoms with Gasteiger partial charge in [-0.2, -0.15) is 13.2 Å². The Morgan fingerprint density at radius 3 is 1.58 bits per heavy atom. The second kappa shape index (κ2) is 7.42. The number of rotatable bonds is 2. The smallest absolute Gasteiger partial charge is 0.387 e. The fourth-order valence-electron chi connectivity index (χ4n) is 0.0745. The molecule has 12 heavy (non-hydrogen) atoms. The van der Waals surface area contributed by atoms with E-state index in [1.165, 1.54) is 14.2 Å². The van der Waals surface area contributed by atoms with E-state index >= 15 is 0 Å². The Kier molecular flexibility index (Phi) is 8.84. The summed E-state index contributed by atoms with van der Waals surface area (Å²) >= 11 is 0. The monoisotopic (exact) mass is 209 g/mol. The summed E-state index contributed by atoms with van der Waals surface area (Å²) in [6.07, 6.45) is -4.40. The summed E-state index contributed by atoms with van der Waals surface area (Å²) in [7, 11) is 0.817. The second-order valence-electron chi connectivity index (χ2n) is 1.36. The lowest BCUT2D eigenvalue weighted by atomic mass is 10.7. The first-order valence-corrected chi connectivity index (χ1v) is 3.70. The van der Waals surface area contributed by atoms with E-state index in [0.29, 0.717) is 0 Å². The molecular weight excluding hydrogens is 200 g/mol. The van der Waals surface area contributed by atoms with Crippen molar-refractivity contribution in [3.05, 3.63) is 0 Å². The predicted molar refractivity (Wildman–Crippen MR) is 34.8 cm³/mol. The minimum Gasteiger partial charge on any atom is -0.387 e. The SMILES string of the molecule is CO[P+](=O)OC.OCC(F)(F)F. The third kappa shape index (κ3) is 16.4. The Morgan fingerprint density at radius 2 is 1.58 bits per heavy atom. The number of alkyl halides is 3. The molecule has 4 nitrogen and oxygen atoms in total. The zero-order valence-corrected chi connectivity index (χ0v) is 7.35. The third-order valence-corrected chi connectivity index (χ3v) is 1.07. The molecule has 0 atom stereocenters. The Morgan fingerprint density at radius 1 is 1.33 bits per heavy atom. The molecule has 0 rings (SSSR count). The van der Waals surface area contributed by atoms with Crippen molar-refractivity contribution in [3.63, 3.8) is 0 Å². The third-order valence-electron chi connectivity index (χ3n) is 0.477. The van der Waals surface area contributed by atoms with Gasteiger partial charge in [-0.3, -0.25) is 0 Å². The van der Waals surface area contributed by atoms with Crippen LogP contribution in [0.25, 0.3) is 0 Å². The van der Waals surface area contributed by atoms with Crippen LogP contribution in [-0.4, -0.2) is 32.1 Å². The van der Waals surface area contributed by atoms with E-state index in [4.69, 9.17) is 5.11 Å². The van der Waals surface area contributed by atoms with Crippen LogP contribution in [0.2, 0.25) is 0 Å². The molecule has 0 bridgehead atoms. The lowest BCUT2D eigenvalue weighted by molar-refractivity contribution is -0.159. The Bertz CT molecular complexity index is 120. The van der Waals surface area contributed by atoms with Crippen LogP contribution in [0.15, 0.2) is 0 Å². The fraction of sp³-hybridized carbons (Fsp3) is 1.00. The molecule has 0 aromatic heterocycles. The van der Waals surface area contributed by atoms with E-state index < -0.39 is 21.0 Å². The number of aliphatic hydroxyl groups excluding tert-OH is 1. The summed E-state index contributed by atoms with van der Waals surface area (Å²) in [6.45, 7) is -1.73. The van der Waals surface area contributed by atoms with E-state index in [-0.39, 0.29) is 0 Å². The van der Waals surface area contributed by atoms with Crippen LogP contribution >= 0.6 is 8.25 Å². The summed E-state index contributed by atoms with van der Waals surface area (Å²) in [5.74, 6) is 0. The largest absolute Gasteiger partial charge is 0.696 e. The molecule has 0 unspecified atom stereocenters. The van der Waals surface area contributed by atoms with Crippen molar-refractivity contribution in [1.29, 1.82) is 0 Å². The lowest BCUT2D eigenvalue weighted by Gasteiger charge is -1.95. The van der Waals surface area contributed by atoms with Gasteiger partial charge in [0.1, 0.15) is 6.61 Å². The fourth-order valence-corrected chi connectivity index (χ4v) is 0.224. The highest BCUT2D eigenvalue weighted by atomic mass is 31.1. The predicted octanol–water partition coefficient (Wildman–Crippen LogP) is 1.48. The van der Waals surface area contributed by atoms with Crippen molar-refractivity contribution in [2.75, 3.05) is 20.8 Å². The van der Waals surface area contributed by atoms with Gasteiger partial charge in [-0.05, 0) is 0 Å². The van der Waals surface area contributed by atoms with Crippen LogP contribution in [0.1, 0.15) is 0 Å². The van der Waals surface area contributed by atoms with E-state index in [0.717, 1.165) is 0 Å². The number of halogens is 3. The first-order chi connectivity index (χ1) is 5.37. The van der Waals surface area contributed by atoms with Crippen molar-refractivity contribution >= 4 is 8.25 Å². The molecule has 0 aromatic carbocycles. The van der Waals surface area contributed by atoms with Gasteiger partial charge in [0.05, 0.1) is 14.2 Å². The molecule has 0 heterocycles. The lowest BCUT2D eigenvalue weighted by Crippen LogP contribution is -2.12. The number of hydrogen-bond acceptors (Lipinski definition) is 4. The van der Waals surface area contributed by atoms with Crippen molar-refractivity contribution in [2.24, 2.45) is 0 Å². The maximum Gasteiger partial charge on any atom is 0.696 e. The quantitative estimate of drug-likeness (QED) is 0.699. The van der Waals surface area contributed by atoms with Gasteiger partial charge in [-0.15, -0.1) is 9.05 Å². The molecular formula is C4H9F3O4P+. The average molecular weight is 209 g/mol. The summed E-state index contributed by atoms with van der Waals surface area (Å²) in [5.41, 5.74) is 0. The number of aliphatic hydroxyl groups is 1. The Balaban J connectivity index is 0. The molecule has 0 spiro atoms.